The largest absolute Gasteiger partial charge is 0.392 e. The molecule has 0 radical (unpaired) electrons. The van der Waals surface area contributed by atoms with Crippen molar-refractivity contribution in [1.29, 1.82) is 0 Å². The highest BCUT2D eigenvalue weighted by atomic mass is 32.1. The molecule has 0 saturated carbocycles. The van der Waals surface area contributed by atoms with Gasteiger partial charge >= 0.3 is 5.82 Å². The van der Waals surface area contributed by atoms with E-state index in [4.69, 9.17) is 17.3 Å². The first-order valence-corrected chi connectivity index (χ1v) is 10.1. The minimum absolute atomic E-state index is 0.0963. The van der Waals surface area contributed by atoms with Crippen LogP contribution in [-0.4, -0.2) is 37.5 Å². The molecule has 1 heterocycles. The van der Waals surface area contributed by atoms with Gasteiger partial charge in [0.1, 0.15) is 12.7 Å². The standard InChI is InChI=1S/C22H22N6O3S/c1-16-2-9-19(10-3-16)25-22(32)26-24-14-18-6-4-17(5-7-18)8-11-20-23-15-21(28(30)31)27(20)12-13-29/h2-11,14-15,29H,12-13H2,1H3,(H2,25,26,32)/b11-8+,24-14+. The Bertz CT molecular complexity index is 1140. The Kier molecular flexibility index (Phi) is 7.79. The van der Waals surface area contributed by atoms with E-state index in [0.29, 0.717) is 10.9 Å². The summed E-state index contributed by atoms with van der Waals surface area (Å²) in [5.74, 6) is 0.239. The summed E-state index contributed by atoms with van der Waals surface area (Å²) in [4.78, 5) is 14.6. The smallest absolute Gasteiger partial charge is 0.343 e. The molecule has 9 nitrogen and oxygen atoms in total. The van der Waals surface area contributed by atoms with Gasteiger partial charge in [-0.1, -0.05) is 42.0 Å². The van der Waals surface area contributed by atoms with Crippen molar-refractivity contribution in [3.8, 4) is 0 Å². The maximum atomic E-state index is 11.1. The molecule has 0 aliphatic heterocycles. The zero-order valence-electron chi connectivity index (χ0n) is 17.3. The van der Waals surface area contributed by atoms with Gasteiger partial charge in [0.25, 0.3) is 0 Å². The topological polar surface area (TPSA) is 118 Å². The Balaban J connectivity index is 1.57. The second kappa shape index (κ2) is 10.9. The summed E-state index contributed by atoms with van der Waals surface area (Å²) in [6.45, 7) is 1.90. The molecule has 0 saturated heterocycles. The molecule has 0 bridgehead atoms. The van der Waals surface area contributed by atoms with Gasteiger partial charge in [-0.05, 0) is 53.4 Å². The number of hydrogen-bond acceptors (Lipinski definition) is 6. The van der Waals surface area contributed by atoms with Crippen molar-refractivity contribution < 1.29 is 10.0 Å². The molecule has 0 aliphatic carbocycles. The van der Waals surface area contributed by atoms with Crippen LogP contribution in [0.15, 0.2) is 59.8 Å². The zero-order valence-corrected chi connectivity index (χ0v) is 18.1. The van der Waals surface area contributed by atoms with Crippen LogP contribution in [0.3, 0.4) is 0 Å². The van der Waals surface area contributed by atoms with Crippen molar-refractivity contribution in [2.45, 2.75) is 13.5 Å². The number of rotatable bonds is 8. The average Bonchev–Trinajstić information content (AvgIpc) is 3.18. The van der Waals surface area contributed by atoms with Crippen molar-refractivity contribution in [2.24, 2.45) is 5.10 Å². The molecule has 164 valence electrons. The number of nitro groups is 1. The summed E-state index contributed by atoms with van der Waals surface area (Å²) in [5, 5.41) is 27.8. The van der Waals surface area contributed by atoms with Gasteiger partial charge in [-0.3, -0.25) is 5.43 Å². The van der Waals surface area contributed by atoms with Gasteiger partial charge in [0.2, 0.25) is 5.82 Å². The maximum absolute atomic E-state index is 11.1. The zero-order chi connectivity index (χ0) is 22.9. The number of hydrogen-bond donors (Lipinski definition) is 3. The third-order valence-electron chi connectivity index (χ3n) is 4.43. The van der Waals surface area contributed by atoms with Crippen LogP contribution in [0.5, 0.6) is 0 Å². The van der Waals surface area contributed by atoms with Crippen molar-refractivity contribution in [3.63, 3.8) is 0 Å². The number of hydrazone groups is 1. The van der Waals surface area contributed by atoms with Gasteiger partial charge in [0.05, 0.1) is 12.8 Å². The number of benzene rings is 2. The van der Waals surface area contributed by atoms with Crippen molar-refractivity contribution >= 4 is 47.2 Å². The summed E-state index contributed by atoms with van der Waals surface area (Å²) in [6.07, 6.45) is 6.29. The molecule has 3 N–H and O–H groups in total. The van der Waals surface area contributed by atoms with E-state index < -0.39 is 4.92 Å². The first-order chi connectivity index (χ1) is 15.5. The van der Waals surface area contributed by atoms with E-state index in [-0.39, 0.29) is 19.0 Å². The summed E-state index contributed by atoms with van der Waals surface area (Å²) in [5.41, 5.74) is 6.57. The number of nitrogens with zero attached hydrogens (tertiary/aromatic N) is 4. The Hall–Kier alpha value is -3.89. The fraction of sp³-hybridized carbons (Fsp3) is 0.136. The van der Waals surface area contributed by atoms with Crippen LogP contribution < -0.4 is 10.7 Å². The molecule has 3 rings (SSSR count). The molecule has 10 heteroatoms. The summed E-state index contributed by atoms with van der Waals surface area (Å²) >= 11 is 5.22. The van der Waals surface area contributed by atoms with Crippen LogP contribution in [0.25, 0.3) is 12.2 Å². The quantitative estimate of drug-likeness (QED) is 0.208. The Morgan fingerprint density at radius 3 is 2.53 bits per heavy atom. The monoisotopic (exact) mass is 450 g/mol. The maximum Gasteiger partial charge on any atom is 0.343 e. The van der Waals surface area contributed by atoms with Crippen LogP contribution >= 0.6 is 12.2 Å². The first-order valence-electron chi connectivity index (χ1n) is 9.72. The van der Waals surface area contributed by atoms with Crippen molar-refractivity contribution in [1.82, 2.24) is 15.0 Å². The van der Waals surface area contributed by atoms with Gasteiger partial charge in [-0.25, -0.2) is 9.55 Å². The van der Waals surface area contributed by atoms with Crippen LogP contribution in [0, 0.1) is 17.0 Å². The fourth-order valence-corrected chi connectivity index (χ4v) is 2.98. The Labute approximate surface area is 190 Å². The van der Waals surface area contributed by atoms with Gasteiger partial charge < -0.3 is 20.5 Å². The predicted molar refractivity (Wildman–Crippen MR) is 129 cm³/mol. The fourth-order valence-electron chi connectivity index (χ4n) is 2.81. The van der Waals surface area contributed by atoms with Crippen LogP contribution in [0.4, 0.5) is 11.5 Å². The van der Waals surface area contributed by atoms with Gasteiger partial charge in [0.15, 0.2) is 5.11 Å². The number of imidazole rings is 1. The van der Waals surface area contributed by atoms with Crippen molar-refractivity contribution in [3.05, 3.63) is 87.4 Å². The van der Waals surface area contributed by atoms with Gasteiger partial charge in [0, 0.05) is 11.8 Å². The molecule has 1 aromatic heterocycles. The molecule has 3 aromatic rings. The van der Waals surface area contributed by atoms with E-state index in [9.17, 15) is 10.1 Å². The molecule has 0 spiro atoms. The highest BCUT2D eigenvalue weighted by Gasteiger charge is 2.17. The summed E-state index contributed by atoms with van der Waals surface area (Å²) < 4.78 is 1.36. The summed E-state index contributed by atoms with van der Waals surface area (Å²) in [7, 11) is 0. The molecule has 2 aromatic carbocycles. The molecular formula is C22H22N6O3S. The average molecular weight is 451 g/mol. The lowest BCUT2D eigenvalue weighted by Gasteiger charge is -2.06. The van der Waals surface area contributed by atoms with E-state index in [1.807, 2.05) is 55.5 Å². The number of nitrogens with one attached hydrogen (secondary N) is 2. The Morgan fingerprint density at radius 1 is 1.19 bits per heavy atom. The van der Waals surface area contributed by atoms with E-state index in [0.717, 1.165) is 16.8 Å². The number of anilines is 1. The molecular weight excluding hydrogens is 428 g/mol. The van der Waals surface area contributed by atoms with Crippen LogP contribution in [0.1, 0.15) is 22.5 Å². The number of aryl methyl sites for hydroxylation is 1. The molecule has 0 atom stereocenters. The third kappa shape index (κ3) is 6.30. The normalized spacial score (nSPS) is 11.2. The number of aromatic nitrogens is 2. The van der Waals surface area contributed by atoms with Crippen molar-refractivity contribution in [2.75, 3.05) is 11.9 Å². The molecule has 0 fully saturated rings. The Morgan fingerprint density at radius 2 is 1.88 bits per heavy atom. The molecule has 0 unspecified atom stereocenters. The highest BCUT2D eigenvalue weighted by molar-refractivity contribution is 7.80. The van der Waals surface area contributed by atoms with Gasteiger partial charge in [-0.2, -0.15) is 5.10 Å². The highest BCUT2D eigenvalue weighted by Crippen LogP contribution is 2.16. The van der Waals surface area contributed by atoms with E-state index in [1.165, 1.54) is 16.3 Å². The second-order valence-corrected chi connectivity index (χ2v) is 7.21. The minimum atomic E-state index is -0.524. The first kappa shape index (κ1) is 22.8. The predicted octanol–water partition coefficient (Wildman–Crippen LogP) is 3.58. The second-order valence-electron chi connectivity index (χ2n) is 6.80. The van der Waals surface area contributed by atoms with Gasteiger partial charge in [-0.15, -0.1) is 0 Å². The molecule has 0 amide bonds. The lowest BCUT2D eigenvalue weighted by Crippen LogP contribution is -2.23. The van der Waals surface area contributed by atoms with E-state index in [1.54, 1.807) is 18.4 Å². The lowest BCUT2D eigenvalue weighted by atomic mass is 10.1. The van der Waals surface area contributed by atoms with E-state index in [2.05, 4.69) is 20.8 Å². The summed E-state index contributed by atoms with van der Waals surface area (Å²) in [6, 6.07) is 15.4. The molecule has 0 aliphatic rings. The molecule has 32 heavy (non-hydrogen) atoms. The number of aliphatic hydroxyl groups excluding tert-OH is 1. The number of aliphatic hydroxyl groups is 1. The lowest BCUT2D eigenvalue weighted by molar-refractivity contribution is -0.392. The van der Waals surface area contributed by atoms with Crippen LogP contribution in [0.2, 0.25) is 0 Å². The van der Waals surface area contributed by atoms with E-state index >= 15 is 0 Å². The van der Waals surface area contributed by atoms with Crippen LogP contribution in [-0.2, 0) is 6.54 Å². The minimum Gasteiger partial charge on any atom is -0.392 e. The third-order valence-corrected chi connectivity index (χ3v) is 4.62. The number of thiocarbonyl (C=S) groups is 1. The SMILES string of the molecule is Cc1ccc(NC(=S)N/N=C/c2ccc(/C=C/c3ncc([N+](=O)[O-])n3CCO)cc2)cc1.